The number of hydrogen-bond donors (Lipinski definition) is 2. The predicted octanol–water partition coefficient (Wildman–Crippen LogP) is -0.866. The molecule has 0 saturated carbocycles. The van der Waals surface area contributed by atoms with Crippen LogP contribution >= 0.6 is 0 Å². The zero-order valence-corrected chi connectivity index (χ0v) is 8.89. The normalized spacial score (nSPS) is 20.8. The third-order valence-electron chi connectivity index (χ3n) is 2.03. The quantitative estimate of drug-likeness (QED) is 0.591. The number of hydrogen-bond acceptors (Lipinski definition) is 4. The van der Waals surface area contributed by atoms with Crippen LogP contribution in [0, 0.1) is 0 Å². The smallest absolute Gasteiger partial charge is 0.227 e. The fourth-order valence-electron chi connectivity index (χ4n) is 1.43. The highest BCUT2D eigenvalue weighted by Gasteiger charge is 2.27. The molecule has 13 heavy (non-hydrogen) atoms. The van der Waals surface area contributed by atoms with Gasteiger partial charge in [-0.2, -0.15) is 0 Å². The van der Waals surface area contributed by atoms with Gasteiger partial charge < -0.3 is 5.32 Å². The maximum absolute atomic E-state index is 11.6. The second-order valence-corrected chi connectivity index (χ2v) is 5.42. The van der Waals surface area contributed by atoms with Gasteiger partial charge in [0.05, 0.1) is 5.25 Å². The van der Waals surface area contributed by atoms with Gasteiger partial charge in [-0.15, -0.1) is 4.83 Å². The van der Waals surface area contributed by atoms with E-state index in [1.807, 2.05) is 0 Å². The lowest BCUT2D eigenvalue weighted by atomic mass is 10.2. The summed E-state index contributed by atoms with van der Waals surface area (Å²) in [7, 11) is 0.212. The minimum absolute atomic E-state index is 0.240. The van der Waals surface area contributed by atoms with Crippen LogP contribution in [0.4, 0.5) is 0 Å². The number of piperidine rings is 1. The summed E-state index contributed by atoms with van der Waals surface area (Å²) < 4.78 is 23.2. The first-order chi connectivity index (χ1) is 6.02. The van der Waals surface area contributed by atoms with Gasteiger partial charge in [0.1, 0.15) is 0 Å². The van der Waals surface area contributed by atoms with E-state index in [0.29, 0.717) is 12.8 Å². The van der Waals surface area contributed by atoms with Crippen molar-refractivity contribution in [3.8, 4) is 0 Å². The number of nitrogens with one attached hydrogen (secondary N) is 2. The van der Waals surface area contributed by atoms with Gasteiger partial charge in [-0.25, -0.2) is 13.4 Å². The molecule has 0 atom stereocenters. The Morgan fingerprint density at radius 3 is 2.31 bits per heavy atom. The van der Waals surface area contributed by atoms with Crippen LogP contribution in [0.15, 0.2) is 0 Å². The Hall–Kier alpha value is -0.170. The topological polar surface area (TPSA) is 61.4 Å². The minimum Gasteiger partial charge on any atom is -0.317 e. The third-order valence-corrected chi connectivity index (χ3v) is 4.00. The molecule has 1 aliphatic rings. The van der Waals surface area contributed by atoms with Crippen molar-refractivity contribution in [1.29, 1.82) is 0 Å². The fourth-order valence-corrected chi connectivity index (χ4v) is 2.95. The van der Waals surface area contributed by atoms with Crippen molar-refractivity contribution in [1.82, 2.24) is 15.2 Å². The molecule has 1 saturated heterocycles. The molecule has 0 bridgehead atoms. The number of hydrazine groups is 1. The third kappa shape index (κ3) is 3.22. The zero-order valence-electron chi connectivity index (χ0n) is 8.08. The molecule has 0 amide bonds. The lowest BCUT2D eigenvalue weighted by Gasteiger charge is -2.24. The van der Waals surface area contributed by atoms with Crippen LogP contribution in [0.25, 0.3) is 0 Å². The molecule has 0 aromatic carbocycles. The minimum atomic E-state index is -3.15. The molecule has 0 aromatic rings. The summed E-state index contributed by atoms with van der Waals surface area (Å²) in [5.41, 5.74) is 0. The van der Waals surface area contributed by atoms with Gasteiger partial charge in [0.2, 0.25) is 10.0 Å². The van der Waals surface area contributed by atoms with Crippen molar-refractivity contribution in [3.05, 3.63) is 0 Å². The van der Waals surface area contributed by atoms with E-state index < -0.39 is 10.0 Å². The Morgan fingerprint density at radius 1 is 1.31 bits per heavy atom. The van der Waals surface area contributed by atoms with Crippen LogP contribution in [-0.4, -0.2) is 45.9 Å². The van der Waals surface area contributed by atoms with Gasteiger partial charge in [-0.1, -0.05) is 0 Å². The number of nitrogens with zero attached hydrogens (tertiary/aromatic N) is 1. The largest absolute Gasteiger partial charge is 0.317 e. The molecule has 0 radical (unpaired) electrons. The second kappa shape index (κ2) is 4.36. The first-order valence-electron chi connectivity index (χ1n) is 4.41. The average molecular weight is 207 g/mol. The van der Waals surface area contributed by atoms with Crippen molar-refractivity contribution < 1.29 is 8.42 Å². The lowest BCUT2D eigenvalue weighted by Crippen LogP contribution is -2.46. The van der Waals surface area contributed by atoms with Crippen LogP contribution in [0.1, 0.15) is 12.8 Å². The molecule has 1 aliphatic heterocycles. The summed E-state index contributed by atoms with van der Waals surface area (Å²) in [6.07, 6.45) is 1.40. The molecule has 0 aliphatic carbocycles. The van der Waals surface area contributed by atoms with Crippen molar-refractivity contribution in [2.24, 2.45) is 0 Å². The Balaban J connectivity index is 2.57. The fraction of sp³-hybridized carbons (Fsp3) is 1.00. The molecular weight excluding hydrogens is 190 g/mol. The van der Waals surface area contributed by atoms with Crippen LogP contribution in [0.2, 0.25) is 0 Å². The summed E-state index contributed by atoms with van der Waals surface area (Å²) in [4.78, 5) is 2.47. The molecule has 0 unspecified atom stereocenters. The van der Waals surface area contributed by atoms with Crippen LogP contribution < -0.4 is 10.1 Å². The van der Waals surface area contributed by atoms with E-state index in [-0.39, 0.29) is 5.25 Å². The molecule has 0 spiro atoms. The van der Waals surface area contributed by atoms with E-state index in [1.54, 1.807) is 14.1 Å². The lowest BCUT2D eigenvalue weighted by molar-refractivity contribution is 0.356. The van der Waals surface area contributed by atoms with E-state index in [0.717, 1.165) is 13.1 Å². The molecule has 78 valence electrons. The molecule has 1 fully saturated rings. The van der Waals surface area contributed by atoms with E-state index in [9.17, 15) is 8.42 Å². The van der Waals surface area contributed by atoms with Crippen LogP contribution in [0.3, 0.4) is 0 Å². The number of sulfonamides is 1. The van der Waals surface area contributed by atoms with Gasteiger partial charge >= 0.3 is 0 Å². The van der Waals surface area contributed by atoms with Crippen molar-refractivity contribution in [2.45, 2.75) is 18.1 Å². The first-order valence-corrected chi connectivity index (χ1v) is 5.96. The highest BCUT2D eigenvalue weighted by atomic mass is 32.2. The van der Waals surface area contributed by atoms with E-state index in [1.165, 1.54) is 5.01 Å². The summed E-state index contributed by atoms with van der Waals surface area (Å²) in [6.45, 7) is 1.58. The van der Waals surface area contributed by atoms with Crippen molar-refractivity contribution >= 4 is 10.0 Å². The molecule has 1 rings (SSSR count). The molecule has 2 N–H and O–H groups in total. The van der Waals surface area contributed by atoms with Crippen molar-refractivity contribution in [3.63, 3.8) is 0 Å². The average Bonchev–Trinajstić information content (AvgIpc) is 2.04. The Labute approximate surface area is 79.5 Å². The molecule has 6 heteroatoms. The molecule has 5 nitrogen and oxygen atoms in total. The Morgan fingerprint density at radius 2 is 1.85 bits per heavy atom. The van der Waals surface area contributed by atoms with Crippen LogP contribution in [-0.2, 0) is 10.0 Å². The van der Waals surface area contributed by atoms with Gasteiger partial charge in [0.15, 0.2) is 0 Å². The van der Waals surface area contributed by atoms with Gasteiger partial charge in [0, 0.05) is 14.1 Å². The first kappa shape index (κ1) is 10.9. The summed E-state index contributed by atoms with van der Waals surface area (Å²) in [5.74, 6) is 0. The highest BCUT2D eigenvalue weighted by Crippen LogP contribution is 2.11. The maximum atomic E-state index is 11.6. The van der Waals surface area contributed by atoms with E-state index in [2.05, 4.69) is 10.1 Å². The predicted molar refractivity (Wildman–Crippen MR) is 51.6 cm³/mol. The maximum Gasteiger partial charge on any atom is 0.227 e. The molecular formula is C7H17N3O2S. The Kier molecular flexibility index (Phi) is 3.66. The molecule has 0 aromatic heterocycles. The van der Waals surface area contributed by atoms with Gasteiger partial charge in [-0.05, 0) is 25.9 Å². The van der Waals surface area contributed by atoms with Crippen molar-refractivity contribution in [2.75, 3.05) is 27.2 Å². The zero-order chi connectivity index (χ0) is 9.90. The van der Waals surface area contributed by atoms with Gasteiger partial charge in [0.25, 0.3) is 0 Å². The molecule has 1 heterocycles. The van der Waals surface area contributed by atoms with Crippen LogP contribution in [0.5, 0.6) is 0 Å². The number of rotatable bonds is 3. The van der Waals surface area contributed by atoms with Gasteiger partial charge in [-0.3, -0.25) is 0 Å². The van der Waals surface area contributed by atoms with E-state index >= 15 is 0 Å². The summed E-state index contributed by atoms with van der Waals surface area (Å²) >= 11 is 0. The summed E-state index contributed by atoms with van der Waals surface area (Å²) in [5, 5.41) is 4.36. The van der Waals surface area contributed by atoms with E-state index in [4.69, 9.17) is 0 Å². The SMILES string of the molecule is CN(C)NS(=O)(=O)C1CCNCC1. The second-order valence-electron chi connectivity index (χ2n) is 3.48. The highest BCUT2D eigenvalue weighted by molar-refractivity contribution is 7.90. The Bertz CT molecular complexity index is 244. The summed E-state index contributed by atoms with van der Waals surface area (Å²) in [6, 6.07) is 0. The standard InChI is InChI=1S/C7H17N3O2S/c1-10(2)9-13(11,12)7-3-5-8-6-4-7/h7-9H,3-6H2,1-2H3. The monoisotopic (exact) mass is 207 g/mol.